The Morgan fingerprint density at radius 3 is 2.62 bits per heavy atom. The summed E-state index contributed by atoms with van der Waals surface area (Å²) >= 11 is 0. The SMILES string of the molecule is N#Cc1cnc(N)c(OC(F)(F)F)c1CO. The summed E-state index contributed by atoms with van der Waals surface area (Å²) in [6, 6.07) is 1.57. The van der Waals surface area contributed by atoms with Gasteiger partial charge in [-0.1, -0.05) is 0 Å². The van der Waals surface area contributed by atoms with Crippen molar-refractivity contribution in [1.29, 1.82) is 5.26 Å². The second-order valence-electron chi connectivity index (χ2n) is 2.68. The molecule has 0 saturated carbocycles. The first kappa shape index (κ1) is 12.1. The number of alkyl halides is 3. The molecule has 0 aliphatic rings. The monoisotopic (exact) mass is 233 g/mol. The van der Waals surface area contributed by atoms with E-state index < -0.39 is 24.5 Å². The zero-order valence-corrected chi connectivity index (χ0v) is 7.75. The largest absolute Gasteiger partial charge is 0.573 e. The molecule has 0 aliphatic carbocycles. The molecule has 16 heavy (non-hydrogen) atoms. The first-order valence-corrected chi connectivity index (χ1v) is 3.93. The first-order chi connectivity index (χ1) is 7.39. The van der Waals surface area contributed by atoms with Crippen LogP contribution in [0.4, 0.5) is 19.0 Å². The van der Waals surface area contributed by atoms with Crippen molar-refractivity contribution in [2.45, 2.75) is 13.0 Å². The first-order valence-electron chi connectivity index (χ1n) is 3.93. The van der Waals surface area contributed by atoms with Crippen molar-refractivity contribution in [3.8, 4) is 11.8 Å². The fraction of sp³-hybridized carbons (Fsp3) is 0.250. The molecule has 0 amide bonds. The van der Waals surface area contributed by atoms with Crippen molar-refractivity contribution in [1.82, 2.24) is 4.98 Å². The van der Waals surface area contributed by atoms with E-state index in [0.29, 0.717) is 0 Å². The third-order valence-corrected chi connectivity index (χ3v) is 1.66. The van der Waals surface area contributed by atoms with Crippen molar-refractivity contribution in [3.05, 3.63) is 17.3 Å². The summed E-state index contributed by atoms with van der Waals surface area (Å²) in [6.45, 7) is -0.805. The predicted molar refractivity (Wildman–Crippen MR) is 46.0 cm³/mol. The van der Waals surface area contributed by atoms with Crippen LogP contribution in [0.1, 0.15) is 11.1 Å². The number of hydrogen-bond acceptors (Lipinski definition) is 5. The van der Waals surface area contributed by atoms with Gasteiger partial charge in [0.25, 0.3) is 0 Å². The Morgan fingerprint density at radius 2 is 2.19 bits per heavy atom. The zero-order chi connectivity index (χ0) is 12.3. The van der Waals surface area contributed by atoms with Crippen molar-refractivity contribution in [3.63, 3.8) is 0 Å². The number of anilines is 1. The van der Waals surface area contributed by atoms with Crippen molar-refractivity contribution >= 4 is 5.82 Å². The minimum atomic E-state index is -4.96. The van der Waals surface area contributed by atoms with E-state index in [9.17, 15) is 13.2 Å². The second-order valence-corrected chi connectivity index (χ2v) is 2.68. The van der Waals surface area contributed by atoms with E-state index in [-0.39, 0.29) is 11.1 Å². The molecule has 0 atom stereocenters. The second kappa shape index (κ2) is 4.24. The molecule has 1 aromatic heterocycles. The summed E-state index contributed by atoms with van der Waals surface area (Å²) in [6.07, 6.45) is -4.00. The molecule has 8 heteroatoms. The van der Waals surface area contributed by atoms with Gasteiger partial charge in [-0.2, -0.15) is 5.26 Å². The molecule has 0 saturated heterocycles. The molecular formula is C8H6F3N3O2. The molecule has 5 nitrogen and oxygen atoms in total. The number of ether oxygens (including phenoxy) is 1. The number of nitrogens with two attached hydrogens (primary N) is 1. The van der Waals surface area contributed by atoms with Crippen LogP contribution in [0.3, 0.4) is 0 Å². The van der Waals surface area contributed by atoms with Gasteiger partial charge in [-0.05, 0) is 0 Å². The predicted octanol–water partition coefficient (Wildman–Crippen LogP) is 0.926. The van der Waals surface area contributed by atoms with Gasteiger partial charge in [-0.25, -0.2) is 4.98 Å². The van der Waals surface area contributed by atoms with E-state index in [2.05, 4.69) is 9.72 Å². The molecule has 0 radical (unpaired) electrons. The maximum Gasteiger partial charge on any atom is 0.573 e. The lowest BCUT2D eigenvalue weighted by Crippen LogP contribution is -2.20. The molecule has 0 aromatic carbocycles. The summed E-state index contributed by atoms with van der Waals surface area (Å²) in [4.78, 5) is 3.36. The Balaban J connectivity index is 3.30. The summed E-state index contributed by atoms with van der Waals surface area (Å²) in [7, 11) is 0. The van der Waals surface area contributed by atoms with E-state index in [4.69, 9.17) is 16.1 Å². The van der Waals surface area contributed by atoms with Gasteiger partial charge < -0.3 is 15.6 Å². The fourth-order valence-electron chi connectivity index (χ4n) is 1.03. The van der Waals surface area contributed by atoms with E-state index >= 15 is 0 Å². The summed E-state index contributed by atoms with van der Waals surface area (Å²) in [5.41, 5.74) is 4.60. The van der Waals surface area contributed by atoms with Crippen LogP contribution in [0.5, 0.6) is 5.75 Å². The van der Waals surface area contributed by atoms with Gasteiger partial charge in [-0.3, -0.25) is 0 Å². The zero-order valence-electron chi connectivity index (χ0n) is 7.75. The van der Waals surface area contributed by atoms with Crippen molar-refractivity contribution in [2.24, 2.45) is 0 Å². The Hall–Kier alpha value is -2.01. The molecule has 0 spiro atoms. The molecule has 1 heterocycles. The highest BCUT2D eigenvalue weighted by atomic mass is 19.4. The number of aliphatic hydroxyl groups is 1. The highest BCUT2D eigenvalue weighted by molar-refractivity contribution is 5.56. The van der Waals surface area contributed by atoms with Crippen LogP contribution in [0.25, 0.3) is 0 Å². The molecule has 0 bridgehead atoms. The Kier molecular flexibility index (Phi) is 3.20. The number of nitrogens with zero attached hydrogens (tertiary/aromatic N) is 2. The van der Waals surface area contributed by atoms with E-state index in [1.54, 1.807) is 6.07 Å². The maximum atomic E-state index is 12.0. The lowest BCUT2D eigenvalue weighted by atomic mass is 10.1. The molecule has 1 aromatic rings. The molecule has 0 fully saturated rings. The van der Waals surface area contributed by atoms with Gasteiger partial charge in [-0.15, -0.1) is 13.2 Å². The molecule has 86 valence electrons. The summed E-state index contributed by atoms with van der Waals surface area (Å²) < 4.78 is 39.6. The van der Waals surface area contributed by atoms with Crippen LogP contribution >= 0.6 is 0 Å². The topological polar surface area (TPSA) is 92.2 Å². The number of pyridine rings is 1. The lowest BCUT2D eigenvalue weighted by Gasteiger charge is -2.14. The quantitative estimate of drug-likeness (QED) is 0.792. The van der Waals surface area contributed by atoms with Crippen molar-refractivity contribution < 1.29 is 23.0 Å². The van der Waals surface area contributed by atoms with Crippen LogP contribution in [0.15, 0.2) is 6.20 Å². The molecule has 0 unspecified atom stereocenters. The highest BCUT2D eigenvalue weighted by Crippen LogP contribution is 2.32. The minimum Gasteiger partial charge on any atom is -0.401 e. The number of halogens is 3. The van der Waals surface area contributed by atoms with Gasteiger partial charge in [0.05, 0.1) is 12.2 Å². The number of nitrogen functional groups attached to an aromatic ring is 1. The number of aromatic nitrogens is 1. The Labute approximate surface area is 87.9 Å². The number of hydrogen-bond donors (Lipinski definition) is 2. The smallest absolute Gasteiger partial charge is 0.401 e. The van der Waals surface area contributed by atoms with Gasteiger partial charge in [0.2, 0.25) is 0 Å². The average molecular weight is 233 g/mol. The third kappa shape index (κ3) is 2.52. The number of rotatable bonds is 2. The van der Waals surface area contributed by atoms with Crippen LogP contribution in [-0.2, 0) is 6.61 Å². The van der Waals surface area contributed by atoms with Gasteiger partial charge in [0.15, 0.2) is 11.6 Å². The van der Waals surface area contributed by atoms with E-state index in [1.165, 1.54) is 0 Å². The average Bonchev–Trinajstić information content (AvgIpc) is 2.19. The van der Waals surface area contributed by atoms with E-state index in [0.717, 1.165) is 6.20 Å². The molecule has 3 N–H and O–H groups in total. The Bertz CT molecular complexity index is 439. The highest BCUT2D eigenvalue weighted by Gasteiger charge is 2.34. The molecule has 0 aliphatic heterocycles. The van der Waals surface area contributed by atoms with Gasteiger partial charge >= 0.3 is 6.36 Å². The third-order valence-electron chi connectivity index (χ3n) is 1.66. The number of aliphatic hydroxyl groups excluding tert-OH is 1. The van der Waals surface area contributed by atoms with Crippen LogP contribution < -0.4 is 10.5 Å². The number of nitriles is 1. The maximum absolute atomic E-state index is 12.0. The van der Waals surface area contributed by atoms with Crippen LogP contribution in [-0.4, -0.2) is 16.5 Å². The standard InChI is InChI=1S/C8H6F3N3O2/c9-8(10,11)16-6-5(3-15)4(1-12)2-14-7(6)13/h2,15H,3H2,(H2,13,14). The fourth-order valence-corrected chi connectivity index (χ4v) is 1.03. The van der Waals surface area contributed by atoms with Crippen LogP contribution in [0, 0.1) is 11.3 Å². The normalized spacial score (nSPS) is 10.9. The van der Waals surface area contributed by atoms with Crippen LogP contribution in [0.2, 0.25) is 0 Å². The van der Waals surface area contributed by atoms with Crippen molar-refractivity contribution in [2.75, 3.05) is 5.73 Å². The minimum absolute atomic E-state index is 0.226. The molecular weight excluding hydrogens is 227 g/mol. The van der Waals surface area contributed by atoms with Gasteiger partial charge in [0, 0.05) is 11.8 Å². The van der Waals surface area contributed by atoms with E-state index in [1.807, 2.05) is 0 Å². The summed E-state index contributed by atoms with van der Waals surface area (Å²) in [5, 5.41) is 17.5. The Morgan fingerprint density at radius 1 is 1.56 bits per heavy atom. The lowest BCUT2D eigenvalue weighted by molar-refractivity contribution is -0.274. The molecule has 1 rings (SSSR count). The van der Waals surface area contributed by atoms with Gasteiger partial charge in [0.1, 0.15) is 6.07 Å². The summed E-state index contributed by atoms with van der Waals surface area (Å²) in [5.74, 6) is -1.38.